The topological polar surface area (TPSA) is 18.5 Å². The zero-order valence-corrected chi connectivity index (χ0v) is 14.4. The SMILES string of the molecule is CC1(C)O[C@@]2(C)CC[C@@H]1C2O[Si](C)(C)C(C)(C)C. The van der Waals surface area contributed by atoms with Crippen molar-refractivity contribution in [3.05, 3.63) is 0 Å². The van der Waals surface area contributed by atoms with Gasteiger partial charge in [0.15, 0.2) is 8.32 Å². The summed E-state index contributed by atoms with van der Waals surface area (Å²) >= 11 is 0. The molecule has 1 heterocycles. The summed E-state index contributed by atoms with van der Waals surface area (Å²) in [5.74, 6) is 0.566. The molecule has 0 spiro atoms. The van der Waals surface area contributed by atoms with E-state index in [4.69, 9.17) is 9.16 Å². The fourth-order valence-electron chi connectivity index (χ4n) is 3.36. The summed E-state index contributed by atoms with van der Waals surface area (Å²) in [6.07, 6.45) is 2.71. The van der Waals surface area contributed by atoms with Crippen LogP contribution in [0.5, 0.6) is 0 Å². The summed E-state index contributed by atoms with van der Waals surface area (Å²) in [5, 5.41) is 0.273. The van der Waals surface area contributed by atoms with Gasteiger partial charge in [0.2, 0.25) is 0 Å². The maximum atomic E-state index is 6.70. The first-order chi connectivity index (χ1) is 7.89. The molecule has 1 unspecified atom stereocenters. The number of rotatable bonds is 2. The zero-order chi connectivity index (χ0) is 14.0. The van der Waals surface area contributed by atoms with Crippen LogP contribution in [0.1, 0.15) is 54.4 Å². The Hall–Kier alpha value is 0.137. The minimum Gasteiger partial charge on any atom is -0.411 e. The highest BCUT2D eigenvalue weighted by Crippen LogP contribution is 2.56. The van der Waals surface area contributed by atoms with Gasteiger partial charge in [-0.1, -0.05) is 20.8 Å². The number of fused-ring (bicyclic) bond motifs is 2. The van der Waals surface area contributed by atoms with Crippen LogP contribution in [0.3, 0.4) is 0 Å². The van der Waals surface area contributed by atoms with Gasteiger partial charge in [0.25, 0.3) is 0 Å². The molecule has 0 amide bonds. The number of hydrogen-bond donors (Lipinski definition) is 0. The Balaban J connectivity index is 2.21. The van der Waals surface area contributed by atoms with Crippen LogP contribution in [0.25, 0.3) is 0 Å². The summed E-state index contributed by atoms with van der Waals surface area (Å²) in [6, 6.07) is 0. The van der Waals surface area contributed by atoms with Crippen LogP contribution in [0.4, 0.5) is 0 Å². The normalized spacial score (nSPS) is 39.3. The molecule has 1 saturated heterocycles. The monoisotopic (exact) mass is 270 g/mol. The van der Waals surface area contributed by atoms with Crippen LogP contribution in [-0.4, -0.2) is 25.6 Å². The van der Waals surface area contributed by atoms with E-state index in [9.17, 15) is 0 Å². The van der Waals surface area contributed by atoms with E-state index >= 15 is 0 Å². The van der Waals surface area contributed by atoms with E-state index in [0.29, 0.717) is 12.0 Å². The molecule has 1 aliphatic carbocycles. The van der Waals surface area contributed by atoms with E-state index in [0.717, 1.165) is 6.42 Å². The molecule has 2 rings (SSSR count). The van der Waals surface area contributed by atoms with Gasteiger partial charge < -0.3 is 9.16 Å². The Morgan fingerprint density at radius 1 is 1.17 bits per heavy atom. The van der Waals surface area contributed by atoms with Crippen LogP contribution < -0.4 is 0 Å². The summed E-state index contributed by atoms with van der Waals surface area (Å²) in [6.45, 7) is 18.3. The van der Waals surface area contributed by atoms with Crippen molar-refractivity contribution in [3.63, 3.8) is 0 Å². The lowest BCUT2D eigenvalue weighted by Crippen LogP contribution is -2.48. The van der Waals surface area contributed by atoms with E-state index in [1.807, 2.05) is 0 Å². The highest BCUT2D eigenvalue weighted by Gasteiger charge is 2.62. The molecule has 0 radical (unpaired) electrons. The van der Waals surface area contributed by atoms with Gasteiger partial charge in [-0.3, -0.25) is 0 Å². The third-order valence-electron chi connectivity index (χ3n) is 5.54. The summed E-state index contributed by atoms with van der Waals surface area (Å²) in [7, 11) is -1.70. The lowest BCUT2D eigenvalue weighted by atomic mass is 9.89. The smallest absolute Gasteiger partial charge is 0.192 e. The molecular weight excluding hydrogens is 240 g/mol. The van der Waals surface area contributed by atoms with Crippen LogP contribution in [0.2, 0.25) is 18.1 Å². The second-order valence-corrected chi connectivity index (χ2v) is 13.2. The molecule has 0 aromatic heterocycles. The van der Waals surface area contributed by atoms with Crippen molar-refractivity contribution < 1.29 is 9.16 Å². The van der Waals surface area contributed by atoms with Gasteiger partial charge in [0.1, 0.15) is 0 Å². The predicted molar refractivity (Wildman–Crippen MR) is 78.4 cm³/mol. The van der Waals surface area contributed by atoms with Crippen molar-refractivity contribution in [2.45, 2.75) is 89.8 Å². The minimum absolute atomic E-state index is 0.0139. The molecule has 2 bridgehead atoms. The minimum atomic E-state index is -1.70. The van der Waals surface area contributed by atoms with Gasteiger partial charge in [-0.05, 0) is 51.7 Å². The lowest BCUT2D eigenvalue weighted by Gasteiger charge is -2.41. The van der Waals surface area contributed by atoms with Crippen LogP contribution in [0, 0.1) is 5.92 Å². The van der Waals surface area contributed by atoms with Gasteiger partial charge in [0.05, 0.1) is 17.3 Å². The highest BCUT2D eigenvalue weighted by atomic mass is 28.4. The predicted octanol–water partition coefficient (Wildman–Crippen LogP) is 4.35. The second kappa shape index (κ2) is 3.83. The molecule has 0 N–H and O–H groups in total. The molecule has 1 saturated carbocycles. The van der Waals surface area contributed by atoms with Crippen molar-refractivity contribution in [1.29, 1.82) is 0 Å². The lowest BCUT2D eigenvalue weighted by molar-refractivity contribution is -0.119. The molecule has 3 atom stereocenters. The zero-order valence-electron chi connectivity index (χ0n) is 13.4. The average molecular weight is 270 g/mol. The Labute approximate surface area is 114 Å². The number of hydrogen-bond acceptors (Lipinski definition) is 2. The first-order valence-electron chi connectivity index (χ1n) is 7.27. The van der Waals surface area contributed by atoms with Crippen molar-refractivity contribution in [1.82, 2.24) is 0 Å². The maximum Gasteiger partial charge on any atom is 0.192 e. The van der Waals surface area contributed by atoms with Crippen molar-refractivity contribution in [3.8, 4) is 0 Å². The van der Waals surface area contributed by atoms with E-state index in [1.54, 1.807) is 0 Å². The molecule has 0 aromatic carbocycles. The Morgan fingerprint density at radius 3 is 2.06 bits per heavy atom. The van der Waals surface area contributed by atoms with E-state index in [1.165, 1.54) is 6.42 Å². The Kier molecular flexibility index (Phi) is 3.09. The first-order valence-corrected chi connectivity index (χ1v) is 10.2. The largest absolute Gasteiger partial charge is 0.411 e. The third-order valence-corrected chi connectivity index (χ3v) is 9.99. The van der Waals surface area contributed by atoms with Gasteiger partial charge in [-0.2, -0.15) is 0 Å². The summed E-state index contributed by atoms with van der Waals surface area (Å²) in [5.41, 5.74) is -0.0658. The Morgan fingerprint density at radius 2 is 1.72 bits per heavy atom. The van der Waals surface area contributed by atoms with Crippen LogP contribution >= 0.6 is 0 Å². The molecule has 3 heteroatoms. The molecule has 2 nitrogen and oxygen atoms in total. The van der Waals surface area contributed by atoms with Crippen LogP contribution in [-0.2, 0) is 9.16 Å². The van der Waals surface area contributed by atoms with E-state index in [2.05, 4.69) is 54.6 Å². The fourth-order valence-corrected chi connectivity index (χ4v) is 4.76. The van der Waals surface area contributed by atoms with Crippen molar-refractivity contribution in [2.24, 2.45) is 5.92 Å². The van der Waals surface area contributed by atoms with Crippen molar-refractivity contribution in [2.75, 3.05) is 0 Å². The highest BCUT2D eigenvalue weighted by molar-refractivity contribution is 6.74. The van der Waals surface area contributed by atoms with Gasteiger partial charge in [0, 0.05) is 5.92 Å². The third kappa shape index (κ3) is 2.08. The molecule has 0 aromatic rings. The van der Waals surface area contributed by atoms with Crippen molar-refractivity contribution >= 4 is 8.32 Å². The molecule has 2 aliphatic rings. The van der Waals surface area contributed by atoms with Gasteiger partial charge in [-0.15, -0.1) is 0 Å². The average Bonchev–Trinajstić information content (AvgIpc) is 2.48. The molecule has 106 valence electrons. The maximum absolute atomic E-state index is 6.70. The molecular formula is C15H30O2Si. The fraction of sp³-hybridized carbons (Fsp3) is 1.00. The quantitative estimate of drug-likeness (QED) is 0.694. The molecule has 2 fully saturated rings. The van der Waals surface area contributed by atoms with Gasteiger partial charge >= 0.3 is 0 Å². The first kappa shape index (κ1) is 14.5. The number of ether oxygens (including phenoxy) is 1. The Bertz CT molecular complexity index is 343. The van der Waals surface area contributed by atoms with Crippen LogP contribution in [0.15, 0.2) is 0 Å². The summed E-state index contributed by atoms with van der Waals surface area (Å²) < 4.78 is 13.0. The van der Waals surface area contributed by atoms with E-state index < -0.39 is 8.32 Å². The standard InChI is InChI=1S/C15H30O2Si/c1-13(2,3)18(7,8)16-12-11-9-10-15(12,6)17-14(11,4)5/h11-12H,9-10H2,1-8H3/t11-,12?,15+/m1/s1. The molecule has 1 aliphatic heterocycles. The van der Waals surface area contributed by atoms with Gasteiger partial charge in [-0.25, -0.2) is 0 Å². The second-order valence-electron chi connectivity index (χ2n) is 8.46. The molecule has 18 heavy (non-hydrogen) atoms. The van der Waals surface area contributed by atoms with E-state index in [-0.39, 0.29) is 16.2 Å². The summed E-state index contributed by atoms with van der Waals surface area (Å²) in [4.78, 5) is 0.